The molecule has 2 atom stereocenters. The summed E-state index contributed by atoms with van der Waals surface area (Å²) in [5.74, 6) is 1.33. The van der Waals surface area contributed by atoms with Crippen LogP contribution in [0.3, 0.4) is 0 Å². The van der Waals surface area contributed by atoms with E-state index in [4.69, 9.17) is 22.1 Å². The average Bonchev–Trinajstić information content (AvgIpc) is 2.25. The maximum absolute atomic E-state index is 5.73. The molecule has 2 nitrogen and oxygen atoms in total. The number of hydrogen-bond donors (Lipinski definition) is 1. The van der Waals surface area contributed by atoms with Gasteiger partial charge in [0.1, 0.15) is 0 Å². The summed E-state index contributed by atoms with van der Waals surface area (Å²) in [6, 6.07) is 0. The van der Waals surface area contributed by atoms with Crippen molar-refractivity contribution in [3.63, 3.8) is 0 Å². The van der Waals surface area contributed by atoms with Crippen LogP contribution in [-0.4, -0.2) is 19.8 Å². The van der Waals surface area contributed by atoms with Crippen LogP contribution in [0.15, 0.2) is 11.6 Å². The fourth-order valence-corrected chi connectivity index (χ4v) is 2.21. The van der Waals surface area contributed by atoms with E-state index in [0.29, 0.717) is 18.4 Å². The fourth-order valence-electron chi connectivity index (χ4n) is 2.14. The van der Waals surface area contributed by atoms with E-state index in [1.165, 1.54) is 31.2 Å². The van der Waals surface area contributed by atoms with Crippen LogP contribution in [0.4, 0.5) is 0 Å². The van der Waals surface area contributed by atoms with Crippen molar-refractivity contribution in [3.8, 4) is 0 Å². The van der Waals surface area contributed by atoms with E-state index >= 15 is 0 Å². The summed E-state index contributed by atoms with van der Waals surface area (Å²) in [4.78, 5) is 0. The summed E-state index contributed by atoms with van der Waals surface area (Å²) in [5, 5.41) is 0. The summed E-state index contributed by atoms with van der Waals surface area (Å²) in [7, 11) is 0. The maximum atomic E-state index is 5.73. The van der Waals surface area contributed by atoms with Crippen LogP contribution in [0.2, 0.25) is 0 Å². The molecule has 82 valence electrons. The Morgan fingerprint density at radius 1 is 1.29 bits per heavy atom. The highest BCUT2D eigenvalue weighted by Crippen LogP contribution is 2.29. The van der Waals surface area contributed by atoms with Gasteiger partial charge in [-0.25, -0.2) is 0 Å². The number of ether oxygens (including phenoxy) is 1. The van der Waals surface area contributed by atoms with Crippen LogP contribution < -0.4 is 5.73 Å². The molecule has 2 unspecified atom stereocenters. The van der Waals surface area contributed by atoms with Gasteiger partial charge in [-0.2, -0.15) is 0 Å². The topological polar surface area (TPSA) is 35.2 Å². The predicted molar refractivity (Wildman–Crippen MR) is 60.3 cm³/mol. The average molecular weight is 218 g/mol. The van der Waals surface area contributed by atoms with Gasteiger partial charge in [0.05, 0.1) is 13.2 Å². The lowest BCUT2D eigenvalue weighted by molar-refractivity contribution is 0.0771. The van der Waals surface area contributed by atoms with E-state index in [9.17, 15) is 0 Å². The second kappa shape index (κ2) is 7.27. The molecule has 0 bridgehead atoms. The first-order chi connectivity index (χ1) is 6.88. The molecule has 0 aliphatic heterocycles. The molecule has 1 rings (SSSR count). The summed E-state index contributed by atoms with van der Waals surface area (Å²) < 4.78 is 5.52. The number of halogens is 1. The Morgan fingerprint density at radius 2 is 2.00 bits per heavy atom. The molecule has 0 radical (unpaired) electrons. The van der Waals surface area contributed by atoms with Gasteiger partial charge in [0.25, 0.3) is 0 Å². The van der Waals surface area contributed by atoms with Crippen LogP contribution in [-0.2, 0) is 4.74 Å². The molecule has 1 saturated carbocycles. The minimum absolute atomic E-state index is 0.622. The zero-order valence-corrected chi connectivity index (χ0v) is 9.38. The van der Waals surface area contributed by atoms with E-state index in [0.717, 1.165) is 13.2 Å². The monoisotopic (exact) mass is 217 g/mol. The van der Waals surface area contributed by atoms with Gasteiger partial charge in [-0.15, -0.1) is 0 Å². The Labute approximate surface area is 91.4 Å². The SMILES string of the molecule is NCC1CCCCC1COCC=CCl. The minimum atomic E-state index is 0.622. The third kappa shape index (κ3) is 3.99. The smallest absolute Gasteiger partial charge is 0.0659 e. The van der Waals surface area contributed by atoms with Crippen molar-refractivity contribution in [1.82, 2.24) is 0 Å². The van der Waals surface area contributed by atoms with E-state index in [2.05, 4.69) is 0 Å². The van der Waals surface area contributed by atoms with Gasteiger partial charge >= 0.3 is 0 Å². The second-order valence-electron chi connectivity index (χ2n) is 3.94. The van der Waals surface area contributed by atoms with Crippen LogP contribution in [0.5, 0.6) is 0 Å². The molecule has 1 fully saturated rings. The first-order valence-corrected chi connectivity index (χ1v) is 5.85. The molecular weight excluding hydrogens is 198 g/mol. The summed E-state index contributed by atoms with van der Waals surface area (Å²) in [6.45, 7) is 2.26. The van der Waals surface area contributed by atoms with Crippen LogP contribution in [0, 0.1) is 11.8 Å². The molecule has 1 aliphatic carbocycles. The highest BCUT2D eigenvalue weighted by Gasteiger charge is 2.23. The van der Waals surface area contributed by atoms with Crippen molar-refractivity contribution in [2.45, 2.75) is 25.7 Å². The van der Waals surface area contributed by atoms with Gasteiger partial charge in [0, 0.05) is 5.54 Å². The van der Waals surface area contributed by atoms with Gasteiger partial charge in [-0.3, -0.25) is 0 Å². The fraction of sp³-hybridized carbons (Fsp3) is 0.818. The highest BCUT2D eigenvalue weighted by atomic mass is 35.5. The van der Waals surface area contributed by atoms with E-state index in [-0.39, 0.29) is 0 Å². The van der Waals surface area contributed by atoms with E-state index in [1.54, 1.807) is 0 Å². The first kappa shape index (κ1) is 12.0. The Balaban J connectivity index is 2.19. The molecule has 0 saturated heterocycles. The summed E-state index contributed by atoms with van der Waals surface area (Å²) >= 11 is 5.40. The first-order valence-electron chi connectivity index (χ1n) is 5.41. The third-order valence-electron chi connectivity index (χ3n) is 3.00. The standard InChI is InChI=1S/C11H20ClNO/c12-6-3-7-14-9-11-5-2-1-4-10(11)8-13/h3,6,10-11H,1-2,4-5,7-9,13H2. The van der Waals surface area contributed by atoms with Crippen molar-refractivity contribution >= 4 is 11.6 Å². The summed E-state index contributed by atoms with van der Waals surface area (Å²) in [5.41, 5.74) is 7.23. The van der Waals surface area contributed by atoms with Gasteiger partial charge in [-0.1, -0.05) is 24.4 Å². The van der Waals surface area contributed by atoms with Gasteiger partial charge < -0.3 is 10.5 Å². The van der Waals surface area contributed by atoms with E-state index in [1.807, 2.05) is 6.08 Å². The normalized spacial score (nSPS) is 28.4. The molecule has 0 aromatic rings. The third-order valence-corrected chi connectivity index (χ3v) is 3.18. The molecule has 0 amide bonds. The molecule has 0 spiro atoms. The van der Waals surface area contributed by atoms with Gasteiger partial charge in [0.15, 0.2) is 0 Å². The Bertz CT molecular complexity index is 173. The van der Waals surface area contributed by atoms with Crippen LogP contribution in [0.25, 0.3) is 0 Å². The number of nitrogens with two attached hydrogens (primary N) is 1. The van der Waals surface area contributed by atoms with Crippen molar-refractivity contribution in [2.24, 2.45) is 17.6 Å². The van der Waals surface area contributed by atoms with Crippen molar-refractivity contribution in [3.05, 3.63) is 11.6 Å². The lowest BCUT2D eigenvalue weighted by Crippen LogP contribution is -2.29. The predicted octanol–water partition coefficient (Wildman–Crippen LogP) is 2.52. The number of rotatable bonds is 5. The molecule has 0 aromatic heterocycles. The Kier molecular flexibility index (Phi) is 6.24. The Hall–Kier alpha value is -0.0500. The van der Waals surface area contributed by atoms with E-state index < -0.39 is 0 Å². The Morgan fingerprint density at radius 3 is 2.64 bits per heavy atom. The van der Waals surface area contributed by atoms with Crippen LogP contribution >= 0.6 is 11.6 Å². The molecular formula is C11H20ClNO. The zero-order chi connectivity index (χ0) is 10.2. The molecule has 0 heterocycles. The minimum Gasteiger partial charge on any atom is -0.377 e. The van der Waals surface area contributed by atoms with Gasteiger partial charge in [-0.05, 0) is 37.3 Å². The lowest BCUT2D eigenvalue weighted by Gasteiger charge is -2.30. The second-order valence-corrected chi connectivity index (χ2v) is 4.19. The van der Waals surface area contributed by atoms with Crippen molar-refractivity contribution < 1.29 is 4.74 Å². The molecule has 2 N–H and O–H groups in total. The maximum Gasteiger partial charge on any atom is 0.0659 e. The van der Waals surface area contributed by atoms with Crippen LogP contribution in [0.1, 0.15) is 25.7 Å². The summed E-state index contributed by atoms with van der Waals surface area (Å²) in [6.07, 6.45) is 7.03. The largest absolute Gasteiger partial charge is 0.377 e. The number of hydrogen-bond acceptors (Lipinski definition) is 2. The zero-order valence-electron chi connectivity index (χ0n) is 8.62. The lowest BCUT2D eigenvalue weighted by atomic mass is 9.80. The highest BCUT2D eigenvalue weighted by molar-refractivity contribution is 6.25. The van der Waals surface area contributed by atoms with Crippen molar-refractivity contribution in [2.75, 3.05) is 19.8 Å². The molecule has 1 aliphatic rings. The molecule has 0 aromatic carbocycles. The van der Waals surface area contributed by atoms with Crippen molar-refractivity contribution in [1.29, 1.82) is 0 Å². The quantitative estimate of drug-likeness (QED) is 0.719. The molecule has 14 heavy (non-hydrogen) atoms. The van der Waals surface area contributed by atoms with Gasteiger partial charge in [0.2, 0.25) is 0 Å². The molecule has 3 heteroatoms.